The van der Waals surface area contributed by atoms with Crippen LogP contribution < -0.4 is 5.32 Å². The molecule has 1 amide bonds. The van der Waals surface area contributed by atoms with Crippen LogP contribution in [0.2, 0.25) is 0 Å². The van der Waals surface area contributed by atoms with E-state index >= 15 is 0 Å². The van der Waals surface area contributed by atoms with Gasteiger partial charge in [-0.1, -0.05) is 0 Å². The number of fused-ring (bicyclic) bond motifs is 1. The molecule has 6 nitrogen and oxygen atoms in total. The number of rotatable bonds is 3. The third-order valence-electron chi connectivity index (χ3n) is 4.33. The summed E-state index contributed by atoms with van der Waals surface area (Å²) in [5, 5.41) is 13.9. The monoisotopic (exact) mass is 353 g/mol. The molecule has 7 heteroatoms. The predicted molar refractivity (Wildman–Crippen MR) is 81.3 cm³/mol. The number of benzene rings is 1. The van der Waals surface area contributed by atoms with Gasteiger partial charge in [-0.25, -0.2) is 0 Å². The van der Waals surface area contributed by atoms with Gasteiger partial charge < -0.3 is 5.32 Å². The molecule has 3 rings (SSSR count). The van der Waals surface area contributed by atoms with E-state index in [0.717, 1.165) is 25.9 Å². The van der Waals surface area contributed by atoms with E-state index in [4.69, 9.17) is 0 Å². The zero-order chi connectivity index (χ0) is 15.0. The van der Waals surface area contributed by atoms with E-state index in [9.17, 15) is 14.9 Å². The molecule has 2 atom stereocenters. The van der Waals surface area contributed by atoms with Crippen molar-refractivity contribution >= 4 is 27.5 Å². The van der Waals surface area contributed by atoms with Gasteiger partial charge in [-0.2, -0.15) is 0 Å². The van der Waals surface area contributed by atoms with Crippen LogP contribution in [0, 0.1) is 10.1 Å². The summed E-state index contributed by atoms with van der Waals surface area (Å²) in [5.74, 6) is -0.246. The number of hydrogen-bond donors (Lipinski definition) is 1. The first kappa shape index (κ1) is 14.5. The van der Waals surface area contributed by atoms with Gasteiger partial charge in [0.1, 0.15) is 0 Å². The van der Waals surface area contributed by atoms with Crippen molar-refractivity contribution in [1.29, 1.82) is 0 Å². The lowest BCUT2D eigenvalue weighted by Gasteiger charge is -2.21. The first-order chi connectivity index (χ1) is 10.1. The summed E-state index contributed by atoms with van der Waals surface area (Å²) in [6, 6.07) is 4.82. The second kappa shape index (κ2) is 5.73. The fraction of sp³-hybridized carbons (Fsp3) is 0.500. The molecule has 0 radical (unpaired) electrons. The summed E-state index contributed by atoms with van der Waals surface area (Å²) in [6.45, 7) is 2.13. The van der Waals surface area contributed by atoms with Crippen LogP contribution in [0.1, 0.15) is 29.6 Å². The smallest absolute Gasteiger partial charge is 0.270 e. The Bertz CT molecular complexity index is 593. The fourth-order valence-corrected chi connectivity index (χ4v) is 3.72. The number of non-ortho nitro benzene ring substituents is 1. The van der Waals surface area contributed by atoms with Gasteiger partial charge in [-0.05, 0) is 47.8 Å². The van der Waals surface area contributed by atoms with Gasteiger partial charge in [-0.15, -0.1) is 0 Å². The molecule has 2 aliphatic heterocycles. The van der Waals surface area contributed by atoms with Gasteiger partial charge in [0.15, 0.2) is 0 Å². The number of carbonyl (C=O) groups is 1. The second-order valence-corrected chi connectivity index (χ2v) is 6.39. The number of amides is 1. The molecule has 0 saturated carbocycles. The highest BCUT2D eigenvalue weighted by atomic mass is 79.9. The van der Waals surface area contributed by atoms with E-state index in [-0.39, 0.29) is 17.6 Å². The SMILES string of the molecule is O=C(NC1CCN2CCCC12)c1cc([N+](=O)[O-])ccc1Br. The number of nitrogens with one attached hydrogen (secondary N) is 1. The molecule has 0 bridgehead atoms. The summed E-state index contributed by atoms with van der Waals surface area (Å²) in [7, 11) is 0. The summed E-state index contributed by atoms with van der Waals surface area (Å²) in [4.78, 5) is 25.2. The lowest BCUT2D eigenvalue weighted by Crippen LogP contribution is -2.42. The van der Waals surface area contributed by atoms with Crippen molar-refractivity contribution in [3.05, 3.63) is 38.3 Å². The first-order valence-electron chi connectivity index (χ1n) is 7.05. The van der Waals surface area contributed by atoms with E-state index in [0.29, 0.717) is 16.1 Å². The van der Waals surface area contributed by atoms with Gasteiger partial charge in [0, 0.05) is 35.2 Å². The van der Waals surface area contributed by atoms with Gasteiger partial charge in [0.05, 0.1) is 10.5 Å². The molecule has 0 aromatic heterocycles. The summed E-state index contributed by atoms with van der Waals surface area (Å²) in [5.41, 5.74) is 0.248. The first-order valence-corrected chi connectivity index (χ1v) is 7.84. The molecule has 2 unspecified atom stereocenters. The molecule has 21 heavy (non-hydrogen) atoms. The molecule has 2 heterocycles. The van der Waals surface area contributed by atoms with Crippen LogP contribution in [0.15, 0.2) is 22.7 Å². The molecular weight excluding hydrogens is 338 g/mol. The Morgan fingerprint density at radius 2 is 2.19 bits per heavy atom. The molecule has 2 saturated heterocycles. The second-order valence-electron chi connectivity index (χ2n) is 5.54. The van der Waals surface area contributed by atoms with E-state index in [1.165, 1.54) is 18.6 Å². The van der Waals surface area contributed by atoms with Gasteiger partial charge >= 0.3 is 0 Å². The average Bonchev–Trinajstić information content (AvgIpc) is 3.04. The van der Waals surface area contributed by atoms with Crippen molar-refractivity contribution in [2.24, 2.45) is 0 Å². The van der Waals surface area contributed by atoms with Gasteiger partial charge in [0.25, 0.3) is 11.6 Å². The van der Waals surface area contributed by atoms with Crippen LogP contribution in [-0.4, -0.2) is 40.9 Å². The largest absolute Gasteiger partial charge is 0.348 e. The third-order valence-corrected chi connectivity index (χ3v) is 5.02. The van der Waals surface area contributed by atoms with Crippen molar-refractivity contribution in [3.63, 3.8) is 0 Å². The normalized spacial score (nSPS) is 24.8. The maximum atomic E-state index is 12.4. The maximum absolute atomic E-state index is 12.4. The van der Waals surface area contributed by atoms with Gasteiger partial charge in [0.2, 0.25) is 0 Å². The van der Waals surface area contributed by atoms with Crippen LogP contribution in [0.4, 0.5) is 5.69 Å². The lowest BCUT2D eigenvalue weighted by atomic mass is 10.1. The van der Waals surface area contributed by atoms with Crippen LogP contribution in [0.3, 0.4) is 0 Å². The van der Waals surface area contributed by atoms with Crippen molar-refractivity contribution in [2.45, 2.75) is 31.3 Å². The Balaban J connectivity index is 1.76. The summed E-state index contributed by atoms with van der Waals surface area (Å²) >= 11 is 3.29. The van der Waals surface area contributed by atoms with Crippen molar-refractivity contribution in [2.75, 3.05) is 13.1 Å². The molecule has 1 N–H and O–H groups in total. The maximum Gasteiger partial charge on any atom is 0.270 e. The van der Waals surface area contributed by atoms with E-state index in [1.54, 1.807) is 6.07 Å². The zero-order valence-corrected chi connectivity index (χ0v) is 13.0. The van der Waals surface area contributed by atoms with Crippen molar-refractivity contribution in [1.82, 2.24) is 10.2 Å². The topological polar surface area (TPSA) is 75.5 Å². The highest BCUT2D eigenvalue weighted by Crippen LogP contribution is 2.29. The van der Waals surface area contributed by atoms with Crippen molar-refractivity contribution < 1.29 is 9.72 Å². The lowest BCUT2D eigenvalue weighted by molar-refractivity contribution is -0.384. The van der Waals surface area contributed by atoms with E-state index < -0.39 is 4.92 Å². The minimum Gasteiger partial charge on any atom is -0.348 e. The quantitative estimate of drug-likeness (QED) is 0.668. The van der Waals surface area contributed by atoms with Crippen LogP contribution in [0.5, 0.6) is 0 Å². The molecule has 2 aliphatic rings. The average molecular weight is 354 g/mol. The predicted octanol–water partition coefficient (Wildman–Crippen LogP) is 2.32. The summed E-state index contributed by atoms with van der Waals surface area (Å²) < 4.78 is 0.576. The minimum absolute atomic E-state index is 0.0720. The van der Waals surface area contributed by atoms with Crippen LogP contribution in [0.25, 0.3) is 0 Å². The molecular formula is C14H16BrN3O3. The fourth-order valence-electron chi connectivity index (χ4n) is 3.30. The summed E-state index contributed by atoms with van der Waals surface area (Å²) in [6.07, 6.45) is 3.24. The highest BCUT2D eigenvalue weighted by molar-refractivity contribution is 9.10. The number of nitro benzene ring substituents is 1. The Morgan fingerprint density at radius 1 is 1.38 bits per heavy atom. The molecule has 0 spiro atoms. The Morgan fingerprint density at radius 3 is 2.95 bits per heavy atom. The number of nitrogens with zero attached hydrogens (tertiary/aromatic N) is 2. The third kappa shape index (κ3) is 2.80. The molecule has 112 valence electrons. The molecule has 1 aromatic carbocycles. The Kier molecular flexibility index (Phi) is 3.95. The van der Waals surface area contributed by atoms with Crippen molar-refractivity contribution in [3.8, 4) is 0 Å². The number of hydrogen-bond acceptors (Lipinski definition) is 4. The number of nitro groups is 1. The van der Waals surface area contributed by atoms with Crippen LogP contribution in [-0.2, 0) is 0 Å². The zero-order valence-electron chi connectivity index (χ0n) is 11.4. The number of carbonyl (C=O) groups excluding carboxylic acids is 1. The highest BCUT2D eigenvalue weighted by Gasteiger charge is 2.38. The van der Waals surface area contributed by atoms with E-state index in [1.807, 2.05) is 0 Å². The standard InChI is InChI=1S/C14H16BrN3O3/c15-11-4-3-9(18(20)21)8-10(11)14(19)16-12-5-7-17-6-1-2-13(12)17/h3-4,8,12-13H,1-2,5-7H2,(H,16,19). The number of halogens is 1. The Labute approximate surface area is 130 Å². The molecule has 0 aliphatic carbocycles. The van der Waals surface area contributed by atoms with Crippen LogP contribution >= 0.6 is 15.9 Å². The Hall–Kier alpha value is -1.47. The molecule has 1 aromatic rings. The molecule has 2 fully saturated rings. The van der Waals surface area contributed by atoms with E-state index in [2.05, 4.69) is 26.1 Å². The minimum atomic E-state index is -0.489. The van der Waals surface area contributed by atoms with Gasteiger partial charge in [-0.3, -0.25) is 19.8 Å².